The normalized spacial score (nSPS) is 19.6. The fourth-order valence-corrected chi connectivity index (χ4v) is 3.36. The van der Waals surface area contributed by atoms with Crippen LogP contribution in [-0.4, -0.2) is 28.9 Å². The van der Waals surface area contributed by atoms with Crippen LogP contribution in [0.1, 0.15) is 22.0 Å². The molecule has 0 bridgehead atoms. The van der Waals surface area contributed by atoms with Gasteiger partial charge < -0.3 is 5.32 Å². The molecule has 1 aromatic heterocycles. The lowest BCUT2D eigenvalue weighted by atomic mass is 9.96. The lowest BCUT2D eigenvalue weighted by molar-refractivity contribution is -0.140. The molecule has 1 aliphatic heterocycles. The summed E-state index contributed by atoms with van der Waals surface area (Å²) in [4.78, 5) is 18.9. The maximum atomic E-state index is 13.3. The zero-order valence-electron chi connectivity index (χ0n) is 12.0. The highest BCUT2D eigenvalue weighted by molar-refractivity contribution is 7.09. The molecule has 3 rings (SSSR count). The monoisotopic (exact) mass is 341 g/mol. The number of nitrogens with zero attached hydrogens (tertiary/aromatic N) is 2. The van der Waals surface area contributed by atoms with E-state index >= 15 is 0 Å². The molecule has 0 unspecified atom stereocenters. The summed E-state index contributed by atoms with van der Waals surface area (Å²) in [7, 11) is 0. The van der Waals surface area contributed by atoms with Crippen LogP contribution in [0.5, 0.6) is 0 Å². The van der Waals surface area contributed by atoms with Crippen molar-refractivity contribution in [2.75, 3.05) is 13.1 Å². The molecule has 4 nitrogen and oxygen atoms in total. The molecule has 1 aliphatic rings. The lowest BCUT2D eigenvalue weighted by Crippen LogP contribution is -2.49. The predicted molar refractivity (Wildman–Crippen MR) is 79.7 cm³/mol. The van der Waals surface area contributed by atoms with E-state index in [9.17, 15) is 18.0 Å². The van der Waals surface area contributed by atoms with E-state index in [4.69, 9.17) is 0 Å². The molecule has 1 N–H and O–H groups in total. The Labute approximate surface area is 135 Å². The Balaban J connectivity index is 1.98. The molecule has 1 atom stereocenters. The number of halogens is 3. The Morgan fingerprint density at radius 3 is 2.83 bits per heavy atom. The van der Waals surface area contributed by atoms with Gasteiger partial charge in [-0.3, -0.25) is 14.7 Å². The average Bonchev–Trinajstić information content (AvgIpc) is 3.00. The first-order valence-corrected chi connectivity index (χ1v) is 7.90. The maximum Gasteiger partial charge on any atom is 0.416 e. The highest BCUT2D eigenvalue weighted by atomic mass is 32.1. The minimum atomic E-state index is -4.50. The van der Waals surface area contributed by atoms with Crippen molar-refractivity contribution in [3.05, 3.63) is 52.0 Å². The zero-order valence-corrected chi connectivity index (χ0v) is 12.8. The smallest absolute Gasteiger partial charge is 0.353 e. The van der Waals surface area contributed by atoms with E-state index in [0.717, 1.165) is 10.9 Å². The van der Waals surface area contributed by atoms with Gasteiger partial charge in [0.05, 0.1) is 11.1 Å². The van der Waals surface area contributed by atoms with Gasteiger partial charge in [-0.15, -0.1) is 11.3 Å². The van der Waals surface area contributed by atoms with Crippen LogP contribution in [-0.2, 0) is 17.5 Å². The lowest BCUT2D eigenvalue weighted by Gasteiger charge is -2.35. The van der Waals surface area contributed by atoms with Crippen LogP contribution < -0.4 is 5.32 Å². The maximum absolute atomic E-state index is 13.3. The molecule has 2 heterocycles. The number of carbonyl (C=O) groups excluding carboxylic acids is 1. The Kier molecular flexibility index (Phi) is 4.36. The number of thiazole rings is 1. The van der Waals surface area contributed by atoms with Gasteiger partial charge >= 0.3 is 6.18 Å². The summed E-state index contributed by atoms with van der Waals surface area (Å²) in [5.74, 6) is -0.405. The standard InChI is InChI=1S/C15H14F3N3OS/c16-15(17,18)12-4-2-1-3-11(12)13-14(22)20-5-6-21(13)8-10-7-19-9-23-10/h1-4,7,9,13H,5-6,8H2,(H,20,22)/t13-/m1/s1. The van der Waals surface area contributed by atoms with Crippen LogP contribution in [0.4, 0.5) is 13.2 Å². The zero-order chi connectivity index (χ0) is 16.4. The molecule has 8 heteroatoms. The number of alkyl halides is 3. The Morgan fingerprint density at radius 1 is 1.35 bits per heavy atom. The molecule has 1 amide bonds. The van der Waals surface area contributed by atoms with Crippen LogP contribution in [0, 0.1) is 0 Å². The summed E-state index contributed by atoms with van der Waals surface area (Å²) in [6.45, 7) is 1.30. The highest BCUT2D eigenvalue weighted by Gasteiger charge is 2.40. The largest absolute Gasteiger partial charge is 0.416 e. The number of hydrogen-bond acceptors (Lipinski definition) is 4. The van der Waals surface area contributed by atoms with E-state index in [0.29, 0.717) is 19.6 Å². The van der Waals surface area contributed by atoms with Gasteiger partial charge in [0.2, 0.25) is 5.91 Å². The molecule has 23 heavy (non-hydrogen) atoms. The number of nitrogens with one attached hydrogen (secondary N) is 1. The van der Waals surface area contributed by atoms with E-state index in [-0.39, 0.29) is 5.56 Å². The minimum absolute atomic E-state index is 0.0123. The van der Waals surface area contributed by atoms with Gasteiger partial charge in [0.15, 0.2) is 0 Å². The summed E-state index contributed by atoms with van der Waals surface area (Å²) in [5.41, 5.74) is 0.885. The first kappa shape index (κ1) is 15.9. The van der Waals surface area contributed by atoms with Gasteiger partial charge in [0, 0.05) is 30.7 Å². The van der Waals surface area contributed by atoms with Crippen molar-refractivity contribution in [3.8, 4) is 0 Å². The molecule has 0 saturated carbocycles. The van der Waals surface area contributed by atoms with E-state index in [1.54, 1.807) is 16.6 Å². The average molecular weight is 341 g/mol. The molecule has 1 saturated heterocycles. The van der Waals surface area contributed by atoms with Crippen molar-refractivity contribution in [2.45, 2.75) is 18.8 Å². The molecule has 2 aromatic rings. The van der Waals surface area contributed by atoms with Crippen molar-refractivity contribution in [3.63, 3.8) is 0 Å². The third-order valence-corrected chi connectivity index (χ3v) is 4.48. The summed E-state index contributed by atoms with van der Waals surface area (Å²) in [6, 6.07) is 4.29. The molecule has 0 radical (unpaired) electrons. The van der Waals surface area contributed by atoms with Gasteiger partial charge in [-0.2, -0.15) is 13.2 Å². The van der Waals surface area contributed by atoms with E-state index in [2.05, 4.69) is 10.3 Å². The predicted octanol–water partition coefficient (Wildman–Crippen LogP) is 2.84. The third kappa shape index (κ3) is 3.37. The van der Waals surface area contributed by atoms with Crippen LogP contribution >= 0.6 is 11.3 Å². The van der Waals surface area contributed by atoms with Gasteiger partial charge in [0.1, 0.15) is 6.04 Å². The van der Waals surface area contributed by atoms with Crippen LogP contribution in [0.2, 0.25) is 0 Å². The van der Waals surface area contributed by atoms with Crippen molar-refractivity contribution in [2.24, 2.45) is 0 Å². The van der Waals surface area contributed by atoms with Crippen LogP contribution in [0.15, 0.2) is 36.0 Å². The van der Waals surface area contributed by atoms with Crippen molar-refractivity contribution < 1.29 is 18.0 Å². The number of rotatable bonds is 3. The van der Waals surface area contributed by atoms with E-state index < -0.39 is 23.7 Å². The number of hydrogen-bond donors (Lipinski definition) is 1. The molecular formula is C15H14F3N3OS. The second-order valence-electron chi connectivity index (χ2n) is 5.22. The molecule has 1 fully saturated rings. The SMILES string of the molecule is O=C1NCCN(Cc2cncs2)[C@@H]1c1ccccc1C(F)(F)F. The van der Waals surface area contributed by atoms with E-state index in [1.165, 1.54) is 29.5 Å². The number of aromatic nitrogens is 1. The van der Waals surface area contributed by atoms with Gasteiger partial charge in [0.25, 0.3) is 0 Å². The summed E-state index contributed by atoms with van der Waals surface area (Å²) >= 11 is 1.42. The second kappa shape index (κ2) is 6.29. The summed E-state index contributed by atoms with van der Waals surface area (Å²) < 4.78 is 39.8. The topological polar surface area (TPSA) is 45.2 Å². The second-order valence-corrected chi connectivity index (χ2v) is 6.19. The quantitative estimate of drug-likeness (QED) is 0.934. The summed E-state index contributed by atoms with van der Waals surface area (Å²) in [6.07, 6.45) is -2.83. The molecule has 1 aromatic carbocycles. The first-order chi connectivity index (χ1) is 11.0. The van der Waals surface area contributed by atoms with Gasteiger partial charge in [-0.25, -0.2) is 0 Å². The van der Waals surface area contributed by atoms with Crippen LogP contribution in [0.3, 0.4) is 0 Å². The number of piperazine rings is 1. The van der Waals surface area contributed by atoms with Crippen molar-refractivity contribution in [1.82, 2.24) is 15.2 Å². The third-order valence-electron chi connectivity index (χ3n) is 3.71. The molecule has 0 spiro atoms. The summed E-state index contributed by atoms with van der Waals surface area (Å²) in [5, 5.41) is 2.66. The molecular weight excluding hydrogens is 327 g/mol. The van der Waals surface area contributed by atoms with Crippen molar-refractivity contribution in [1.29, 1.82) is 0 Å². The highest BCUT2D eigenvalue weighted by Crippen LogP contribution is 2.37. The Bertz CT molecular complexity index is 688. The molecule has 122 valence electrons. The van der Waals surface area contributed by atoms with E-state index in [1.807, 2.05) is 0 Å². The number of benzene rings is 1. The van der Waals surface area contributed by atoms with Crippen molar-refractivity contribution >= 4 is 17.2 Å². The fraction of sp³-hybridized carbons (Fsp3) is 0.333. The van der Waals surface area contributed by atoms with Gasteiger partial charge in [-0.1, -0.05) is 18.2 Å². The fourth-order valence-electron chi connectivity index (χ4n) is 2.74. The Hall–Kier alpha value is -1.93. The Morgan fingerprint density at radius 2 is 2.13 bits per heavy atom. The van der Waals surface area contributed by atoms with Crippen LogP contribution in [0.25, 0.3) is 0 Å². The molecule has 0 aliphatic carbocycles. The van der Waals surface area contributed by atoms with Gasteiger partial charge in [-0.05, 0) is 11.6 Å². The number of amides is 1. The first-order valence-electron chi connectivity index (χ1n) is 7.02. The number of carbonyl (C=O) groups is 1. The minimum Gasteiger partial charge on any atom is -0.353 e.